The molecule has 25 heavy (non-hydrogen) atoms. The van der Waals surface area contributed by atoms with E-state index in [1.54, 1.807) is 26.4 Å². The normalized spacial score (nSPS) is 10.7. The lowest BCUT2D eigenvalue weighted by atomic mass is 10.2. The highest BCUT2D eigenvalue weighted by atomic mass is 35.5. The molecule has 0 spiro atoms. The molecule has 0 fully saturated rings. The highest BCUT2D eigenvalue weighted by Gasteiger charge is 2.12. The van der Waals surface area contributed by atoms with Gasteiger partial charge in [-0.1, -0.05) is 29.8 Å². The van der Waals surface area contributed by atoms with Crippen LogP contribution in [0.2, 0.25) is 5.02 Å². The minimum absolute atomic E-state index is 0.426. The summed E-state index contributed by atoms with van der Waals surface area (Å²) in [5.74, 6) is 2.18. The number of hydrogen-bond donors (Lipinski definition) is 1. The molecule has 0 bridgehead atoms. The smallest absolute Gasteiger partial charge is 0.247 e. The summed E-state index contributed by atoms with van der Waals surface area (Å²) in [6, 6.07) is 13.1. The summed E-state index contributed by atoms with van der Waals surface area (Å²) in [6.45, 7) is 1.07. The Hall–Kier alpha value is -2.57. The van der Waals surface area contributed by atoms with E-state index in [1.807, 2.05) is 30.3 Å². The van der Waals surface area contributed by atoms with E-state index in [0.29, 0.717) is 36.4 Å². The lowest BCUT2D eigenvalue weighted by Gasteiger charge is -2.07. The molecule has 3 aromatic rings. The van der Waals surface area contributed by atoms with Gasteiger partial charge in [0.25, 0.3) is 0 Å². The first-order valence-electron chi connectivity index (χ1n) is 7.70. The Bertz CT molecular complexity index is 851. The van der Waals surface area contributed by atoms with Gasteiger partial charge in [-0.2, -0.15) is 0 Å². The predicted molar refractivity (Wildman–Crippen MR) is 94.8 cm³/mol. The van der Waals surface area contributed by atoms with Crippen molar-refractivity contribution < 1.29 is 13.9 Å². The maximum atomic E-state index is 6.13. The minimum Gasteiger partial charge on any atom is -0.493 e. The van der Waals surface area contributed by atoms with Crippen LogP contribution in [0.5, 0.6) is 11.5 Å². The van der Waals surface area contributed by atoms with Crippen LogP contribution >= 0.6 is 11.6 Å². The molecule has 0 aliphatic heterocycles. The Morgan fingerprint density at radius 3 is 2.56 bits per heavy atom. The third-order valence-corrected chi connectivity index (χ3v) is 4.02. The van der Waals surface area contributed by atoms with Crippen molar-refractivity contribution in [2.45, 2.75) is 13.1 Å². The molecule has 7 heteroatoms. The van der Waals surface area contributed by atoms with Gasteiger partial charge < -0.3 is 19.2 Å². The van der Waals surface area contributed by atoms with E-state index in [0.717, 1.165) is 16.1 Å². The van der Waals surface area contributed by atoms with Crippen molar-refractivity contribution in [2.75, 3.05) is 14.2 Å². The Morgan fingerprint density at radius 1 is 1.00 bits per heavy atom. The van der Waals surface area contributed by atoms with E-state index < -0.39 is 0 Å². The van der Waals surface area contributed by atoms with Gasteiger partial charge in [0.05, 0.1) is 20.8 Å². The van der Waals surface area contributed by atoms with Crippen LogP contribution in [0.4, 0.5) is 0 Å². The first-order valence-corrected chi connectivity index (χ1v) is 8.08. The zero-order chi connectivity index (χ0) is 17.6. The number of rotatable bonds is 7. The molecular weight excluding hydrogens is 342 g/mol. The Kier molecular flexibility index (Phi) is 5.53. The monoisotopic (exact) mass is 359 g/mol. The molecule has 6 nitrogen and oxygen atoms in total. The molecule has 130 valence electrons. The molecule has 0 amide bonds. The molecular formula is C18H18ClN3O3. The molecule has 0 saturated heterocycles. The van der Waals surface area contributed by atoms with Gasteiger partial charge in [0.15, 0.2) is 11.5 Å². The molecule has 2 aromatic carbocycles. The van der Waals surface area contributed by atoms with Gasteiger partial charge in [-0.3, -0.25) is 0 Å². The fraction of sp³-hybridized carbons (Fsp3) is 0.222. The van der Waals surface area contributed by atoms with E-state index >= 15 is 0 Å². The standard InChI is InChI=1S/C18H18ClN3O3/c1-23-15-8-7-12(9-16(15)24-2)18-22-21-17(25-18)11-20-10-13-5-3-4-6-14(13)19/h3-9,20H,10-11H2,1-2H3. The Balaban J connectivity index is 1.65. The van der Waals surface area contributed by atoms with Crippen molar-refractivity contribution in [2.24, 2.45) is 0 Å². The second-order valence-corrected chi connectivity index (χ2v) is 5.67. The fourth-order valence-electron chi connectivity index (χ4n) is 2.36. The van der Waals surface area contributed by atoms with Crippen molar-refractivity contribution in [3.63, 3.8) is 0 Å². The molecule has 0 aliphatic carbocycles. The van der Waals surface area contributed by atoms with Crippen LogP contribution in [0.1, 0.15) is 11.5 Å². The quantitative estimate of drug-likeness (QED) is 0.693. The SMILES string of the molecule is COc1ccc(-c2nnc(CNCc3ccccc3Cl)o2)cc1OC. The molecule has 0 aliphatic rings. The summed E-state index contributed by atoms with van der Waals surface area (Å²) in [7, 11) is 3.17. The summed E-state index contributed by atoms with van der Waals surface area (Å²) in [6.07, 6.45) is 0. The maximum absolute atomic E-state index is 6.13. The van der Waals surface area contributed by atoms with Crippen LogP contribution in [0.15, 0.2) is 46.9 Å². The lowest BCUT2D eigenvalue weighted by molar-refractivity contribution is 0.355. The van der Waals surface area contributed by atoms with Crippen molar-refractivity contribution in [1.82, 2.24) is 15.5 Å². The largest absolute Gasteiger partial charge is 0.493 e. The van der Waals surface area contributed by atoms with Gasteiger partial charge in [-0.15, -0.1) is 10.2 Å². The molecule has 0 radical (unpaired) electrons. The Labute approximate surface area is 150 Å². The molecule has 1 N–H and O–H groups in total. The number of ether oxygens (including phenoxy) is 2. The Morgan fingerprint density at radius 2 is 1.80 bits per heavy atom. The van der Waals surface area contributed by atoms with Crippen LogP contribution in [0, 0.1) is 0 Å². The number of nitrogens with zero attached hydrogens (tertiary/aromatic N) is 2. The van der Waals surface area contributed by atoms with Crippen molar-refractivity contribution in [3.05, 3.63) is 58.9 Å². The third kappa shape index (κ3) is 4.10. The molecule has 1 aromatic heterocycles. The average Bonchev–Trinajstić information content (AvgIpc) is 3.11. The highest BCUT2D eigenvalue weighted by molar-refractivity contribution is 6.31. The second-order valence-electron chi connectivity index (χ2n) is 5.27. The molecule has 3 rings (SSSR count). The van der Waals surface area contributed by atoms with Crippen molar-refractivity contribution in [3.8, 4) is 23.0 Å². The zero-order valence-electron chi connectivity index (χ0n) is 14.0. The van der Waals surface area contributed by atoms with Gasteiger partial charge in [0.2, 0.25) is 11.8 Å². The van der Waals surface area contributed by atoms with E-state index in [-0.39, 0.29) is 0 Å². The van der Waals surface area contributed by atoms with Gasteiger partial charge >= 0.3 is 0 Å². The first kappa shape index (κ1) is 17.3. The number of benzene rings is 2. The molecule has 1 heterocycles. The predicted octanol–water partition coefficient (Wildman–Crippen LogP) is 3.70. The summed E-state index contributed by atoms with van der Waals surface area (Å²) in [4.78, 5) is 0. The summed E-state index contributed by atoms with van der Waals surface area (Å²) < 4.78 is 16.2. The summed E-state index contributed by atoms with van der Waals surface area (Å²) >= 11 is 6.13. The maximum Gasteiger partial charge on any atom is 0.247 e. The minimum atomic E-state index is 0.426. The van der Waals surface area contributed by atoms with Crippen LogP contribution in [-0.2, 0) is 13.1 Å². The van der Waals surface area contributed by atoms with Gasteiger partial charge in [0.1, 0.15) is 0 Å². The van der Waals surface area contributed by atoms with Crippen LogP contribution in [-0.4, -0.2) is 24.4 Å². The van der Waals surface area contributed by atoms with E-state index in [9.17, 15) is 0 Å². The summed E-state index contributed by atoms with van der Waals surface area (Å²) in [5, 5.41) is 12.1. The van der Waals surface area contributed by atoms with E-state index in [1.165, 1.54) is 0 Å². The number of aromatic nitrogens is 2. The molecule has 0 atom stereocenters. The first-order chi connectivity index (χ1) is 12.2. The highest BCUT2D eigenvalue weighted by Crippen LogP contribution is 2.31. The van der Waals surface area contributed by atoms with E-state index in [4.69, 9.17) is 25.5 Å². The van der Waals surface area contributed by atoms with Gasteiger partial charge in [-0.25, -0.2) is 0 Å². The van der Waals surface area contributed by atoms with Crippen molar-refractivity contribution >= 4 is 11.6 Å². The summed E-state index contributed by atoms with van der Waals surface area (Å²) in [5.41, 5.74) is 1.78. The van der Waals surface area contributed by atoms with E-state index in [2.05, 4.69) is 15.5 Å². The number of halogens is 1. The number of hydrogen-bond acceptors (Lipinski definition) is 6. The van der Waals surface area contributed by atoms with Crippen LogP contribution in [0.25, 0.3) is 11.5 Å². The second kappa shape index (κ2) is 8.00. The third-order valence-electron chi connectivity index (χ3n) is 3.65. The number of methoxy groups -OCH3 is 2. The molecule has 0 unspecified atom stereocenters. The van der Waals surface area contributed by atoms with Gasteiger partial charge in [0, 0.05) is 17.1 Å². The van der Waals surface area contributed by atoms with Gasteiger partial charge in [-0.05, 0) is 29.8 Å². The topological polar surface area (TPSA) is 69.4 Å². The van der Waals surface area contributed by atoms with Crippen LogP contribution in [0.3, 0.4) is 0 Å². The lowest BCUT2D eigenvalue weighted by Crippen LogP contribution is -2.13. The average molecular weight is 360 g/mol. The zero-order valence-corrected chi connectivity index (χ0v) is 14.7. The number of nitrogens with one attached hydrogen (secondary N) is 1. The van der Waals surface area contributed by atoms with Crippen LogP contribution < -0.4 is 14.8 Å². The van der Waals surface area contributed by atoms with Crippen molar-refractivity contribution in [1.29, 1.82) is 0 Å². The fourth-order valence-corrected chi connectivity index (χ4v) is 2.56. The molecule has 0 saturated carbocycles.